The Morgan fingerprint density at radius 2 is 2.33 bits per heavy atom. The smallest absolute Gasteiger partial charge is 0.270 e. The predicted octanol–water partition coefficient (Wildman–Crippen LogP) is 1.11. The molecule has 21 heavy (non-hydrogen) atoms. The fourth-order valence-electron chi connectivity index (χ4n) is 2.50. The van der Waals surface area contributed by atoms with E-state index < -0.39 is 4.92 Å². The number of carbonyl (C=O) groups is 1. The van der Waals surface area contributed by atoms with Gasteiger partial charge in [0.05, 0.1) is 4.92 Å². The Morgan fingerprint density at radius 3 is 3.10 bits per heavy atom. The van der Waals surface area contributed by atoms with Crippen molar-refractivity contribution in [3.63, 3.8) is 0 Å². The average Bonchev–Trinajstić information content (AvgIpc) is 2.49. The maximum Gasteiger partial charge on any atom is 0.270 e. The monoisotopic (exact) mass is 306 g/mol. The Hall–Kier alpha value is -2.09. The molecular weight excluding hydrogens is 292 g/mol. The zero-order chi connectivity index (χ0) is 15.0. The molecule has 1 fully saturated rings. The predicted molar refractivity (Wildman–Crippen MR) is 80.3 cm³/mol. The molecule has 0 bridgehead atoms. The van der Waals surface area contributed by atoms with Crippen LogP contribution < -0.4 is 5.43 Å². The molecule has 1 N–H and O–H groups in total. The molecule has 2 aliphatic rings. The lowest BCUT2D eigenvalue weighted by Gasteiger charge is -2.39. The van der Waals surface area contributed by atoms with Crippen LogP contribution in [0.2, 0.25) is 0 Å². The number of rotatable bonds is 2. The summed E-state index contributed by atoms with van der Waals surface area (Å²) >= 11 is 1.73. The van der Waals surface area contributed by atoms with Crippen molar-refractivity contribution in [2.24, 2.45) is 5.10 Å². The third-order valence-corrected chi connectivity index (χ3v) is 4.67. The minimum Gasteiger partial charge on any atom is -0.341 e. The number of fused-ring (bicyclic) bond motifs is 1. The summed E-state index contributed by atoms with van der Waals surface area (Å²) in [6.07, 6.45) is 0. The van der Waals surface area contributed by atoms with Gasteiger partial charge in [-0.15, -0.1) is 0 Å². The van der Waals surface area contributed by atoms with Crippen molar-refractivity contribution in [1.29, 1.82) is 0 Å². The van der Waals surface area contributed by atoms with Crippen molar-refractivity contribution in [3.05, 3.63) is 39.4 Å². The van der Waals surface area contributed by atoms with Gasteiger partial charge in [-0.2, -0.15) is 16.9 Å². The Bertz CT molecular complexity index is 646. The van der Waals surface area contributed by atoms with Crippen molar-refractivity contribution < 1.29 is 9.72 Å². The van der Waals surface area contributed by atoms with Gasteiger partial charge in [-0.25, -0.2) is 5.43 Å². The summed E-state index contributed by atoms with van der Waals surface area (Å²) in [5.41, 5.74) is 4.15. The van der Waals surface area contributed by atoms with Crippen LogP contribution in [-0.4, -0.2) is 45.7 Å². The van der Waals surface area contributed by atoms with Crippen LogP contribution in [0.5, 0.6) is 0 Å². The van der Waals surface area contributed by atoms with E-state index in [1.54, 1.807) is 17.8 Å². The highest BCUT2D eigenvalue weighted by atomic mass is 32.2. The summed E-state index contributed by atoms with van der Waals surface area (Å²) in [6.45, 7) is 2.59. The molecule has 3 rings (SSSR count). The molecule has 110 valence electrons. The lowest BCUT2D eigenvalue weighted by Crippen LogP contribution is -2.57. The summed E-state index contributed by atoms with van der Waals surface area (Å²) in [5.74, 6) is 2.12. The molecular formula is C13H14N4O3S. The van der Waals surface area contributed by atoms with Gasteiger partial charge in [0, 0.05) is 35.7 Å². The zero-order valence-corrected chi connectivity index (χ0v) is 12.2. The standard InChI is InChI=1S/C13H14N4O3S/c1-8-2-3-9(17(19)20)6-10(8)12-14-15-13(18)11-7-21-5-4-16(11)12/h2-3,6,11H,4-5,7H2,1H3,(H,15,18). The first kappa shape index (κ1) is 13.9. The van der Waals surface area contributed by atoms with Crippen molar-refractivity contribution in [2.75, 3.05) is 18.1 Å². The van der Waals surface area contributed by atoms with Crippen molar-refractivity contribution >= 4 is 29.2 Å². The number of amides is 1. The molecule has 1 amide bonds. The van der Waals surface area contributed by atoms with Crippen molar-refractivity contribution in [1.82, 2.24) is 10.3 Å². The van der Waals surface area contributed by atoms with Gasteiger partial charge < -0.3 is 4.90 Å². The van der Waals surface area contributed by atoms with E-state index in [4.69, 9.17) is 0 Å². The highest BCUT2D eigenvalue weighted by molar-refractivity contribution is 7.99. The topological polar surface area (TPSA) is 87.8 Å². The van der Waals surface area contributed by atoms with Gasteiger partial charge in [-0.3, -0.25) is 14.9 Å². The first-order chi connectivity index (χ1) is 10.1. The molecule has 2 aliphatic heterocycles. The van der Waals surface area contributed by atoms with E-state index in [0.29, 0.717) is 23.7 Å². The Morgan fingerprint density at radius 1 is 1.52 bits per heavy atom. The molecule has 1 aromatic carbocycles. The van der Waals surface area contributed by atoms with E-state index in [0.717, 1.165) is 11.3 Å². The van der Waals surface area contributed by atoms with Crippen LogP contribution in [-0.2, 0) is 4.79 Å². The first-order valence-corrected chi connectivity index (χ1v) is 7.71. The minimum atomic E-state index is -0.422. The number of benzene rings is 1. The van der Waals surface area contributed by atoms with Crippen molar-refractivity contribution in [2.45, 2.75) is 13.0 Å². The maximum atomic E-state index is 11.9. The number of nitro benzene ring substituents is 1. The number of hydrazone groups is 1. The molecule has 1 aromatic rings. The van der Waals surface area contributed by atoms with Gasteiger partial charge in [-0.1, -0.05) is 6.07 Å². The van der Waals surface area contributed by atoms with E-state index in [1.807, 2.05) is 11.8 Å². The summed E-state index contributed by atoms with van der Waals surface area (Å²) in [7, 11) is 0. The van der Waals surface area contributed by atoms with Crippen LogP contribution in [0, 0.1) is 17.0 Å². The first-order valence-electron chi connectivity index (χ1n) is 6.55. The maximum absolute atomic E-state index is 11.9. The number of hydrogen-bond acceptors (Lipinski definition) is 6. The molecule has 8 heteroatoms. The van der Waals surface area contributed by atoms with Crippen LogP contribution in [0.4, 0.5) is 5.69 Å². The SMILES string of the molecule is Cc1ccc([N+](=O)[O-])cc1C1=NNC(=O)C2CSCCN12. The summed E-state index contributed by atoms with van der Waals surface area (Å²) in [5, 5.41) is 15.1. The number of nitrogens with zero attached hydrogens (tertiary/aromatic N) is 3. The molecule has 1 unspecified atom stereocenters. The number of amidine groups is 1. The van der Waals surface area contributed by atoms with Crippen LogP contribution in [0.15, 0.2) is 23.3 Å². The van der Waals surface area contributed by atoms with Gasteiger partial charge in [0.2, 0.25) is 0 Å². The van der Waals surface area contributed by atoms with Gasteiger partial charge in [0.15, 0.2) is 5.84 Å². The van der Waals surface area contributed by atoms with Crippen LogP contribution in [0.1, 0.15) is 11.1 Å². The number of thioether (sulfide) groups is 1. The number of carbonyl (C=O) groups excluding carboxylic acids is 1. The zero-order valence-electron chi connectivity index (χ0n) is 11.4. The van der Waals surface area contributed by atoms with E-state index in [-0.39, 0.29) is 17.6 Å². The molecule has 0 radical (unpaired) electrons. The van der Waals surface area contributed by atoms with Gasteiger partial charge in [-0.05, 0) is 12.5 Å². The fraction of sp³-hybridized carbons (Fsp3) is 0.385. The number of non-ortho nitro benzene ring substituents is 1. The molecule has 1 saturated heterocycles. The Kier molecular flexibility index (Phi) is 3.54. The molecule has 0 spiro atoms. The highest BCUT2D eigenvalue weighted by Crippen LogP contribution is 2.25. The third-order valence-electron chi connectivity index (χ3n) is 3.65. The van der Waals surface area contributed by atoms with E-state index in [2.05, 4.69) is 10.5 Å². The number of nitrogens with one attached hydrogen (secondary N) is 1. The largest absolute Gasteiger partial charge is 0.341 e. The Labute approximate surface area is 125 Å². The number of aryl methyl sites for hydroxylation is 1. The van der Waals surface area contributed by atoms with E-state index in [1.165, 1.54) is 12.1 Å². The van der Waals surface area contributed by atoms with Gasteiger partial charge >= 0.3 is 0 Å². The Balaban J connectivity index is 2.04. The third kappa shape index (κ3) is 2.46. The van der Waals surface area contributed by atoms with Gasteiger partial charge in [0.25, 0.3) is 11.6 Å². The van der Waals surface area contributed by atoms with E-state index >= 15 is 0 Å². The molecule has 2 heterocycles. The van der Waals surface area contributed by atoms with Crippen LogP contribution in [0.25, 0.3) is 0 Å². The summed E-state index contributed by atoms with van der Waals surface area (Å²) in [6, 6.07) is 4.45. The lowest BCUT2D eigenvalue weighted by molar-refractivity contribution is -0.384. The fourth-order valence-corrected chi connectivity index (χ4v) is 3.55. The van der Waals surface area contributed by atoms with Crippen LogP contribution >= 0.6 is 11.8 Å². The number of hydrogen-bond donors (Lipinski definition) is 1. The average molecular weight is 306 g/mol. The summed E-state index contributed by atoms with van der Waals surface area (Å²) < 4.78 is 0. The highest BCUT2D eigenvalue weighted by Gasteiger charge is 2.35. The summed E-state index contributed by atoms with van der Waals surface area (Å²) in [4.78, 5) is 24.4. The molecule has 0 saturated carbocycles. The second-order valence-electron chi connectivity index (χ2n) is 4.95. The lowest BCUT2D eigenvalue weighted by atomic mass is 10.0. The van der Waals surface area contributed by atoms with Gasteiger partial charge in [0.1, 0.15) is 6.04 Å². The quantitative estimate of drug-likeness (QED) is 0.653. The molecule has 0 aromatic heterocycles. The molecule has 0 aliphatic carbocycles. The van der Waals surface area contributed by atoms with Crippen LogP contribution in [0.3, 0.4) is 0 Å². The normalized spacial score (nSPS) is 21.4. The minimum absolute atomic E-state index is 0.0261. The van der Waals surface area contributed by atoms with Crippen molar-refractivity contribution in [3.8, 4) is 0 Å². The second kappa shape index (κ2) is 5.36. The van der Waals surface area contributed by atoms with E-state index in [9.17, 15) is 14.9 Å². The molecule has 1 atom stereocenters. The molecule has 7 nitrogen and oxygen atoms in total. The number of nitro groups is 1. The second-order valence-corrected chi connectivity index (χ2v) is 6.10.